The number of hydrogen-bond acceptors (Lipinski definition) is 2. The number of nitrogens with zero attached hydrogens (tertiary/aromatic N) is 1. The summed E-state index contributed by atoms with van der Waals surface area (Å²) in [4.78, 5) is 13.4. The Bertz CT molecular complexity index is 527. The summed E-state index contributed by atoms with van der Waals surface area (Å²) in [6, 6.07) is 20.5. The summed E-state index contributed by atoms with van der Waals surface area (Å²) >= 11 is 0. The van der Waals surface area contributed by atoms with Gasteiger partial charge in [0.1, 0.15) is 0 Å². The lowest BCUT2D eigenvalue weighted by atomic mass is 10.1. The van der Waals surface area contributed by atoms with E-state index >= 15 is 0 Å². The number of carbonyl (C=O) groups is 1. The zero-order valence-corrected chi connectivity index (χ0v) is 13.0. The third kappa shape index (κ3) is 5.01. The van der Waals surface area contributed by atoms with Gasteiger partial charge in [-0.1, -0.05) is 67.6 Å². The van der Waals surface area contributed by atoms with Crippen LogP contribution in [0.1, 0.15) is 30.9 Å². The van der Waals surface area contributed by atoms with E-state index in [1.807, 2.05) is 36.4 Å². The molecule has 22 heavy (non-hydrogen) atoms. The molecule has 0 saturated carbocycles. The van der Waals surface area contributed by atoms with Gasteiger partial charge >= 0.3 is 5.97 Å². The molecular weight excluding hydrogens is 274 g/mol. The van der Waals surface area contributed by atoms with Crippen molar-refractivity contribution >= 4 is 5.97 Å². The molecule has 0 saturated heterocycles. The molecule has 0 spiro atoms. The second-order valence-electron chi connectivity index (χ2n) is 5.54. The minimum Gasteiger partial charge on any atom is -0.481 e. The predicted molar refractivity (Wildman–Crippen MR) is 88.5 cm³/mol. The van der Waals surface area contributed by atoms with E-state index in [9.17, 15) is 4.79 Å². The Hall–Kier alpha value is -2.13. The van der Waals surface area contributed by atoms with Gasteiger partial charge in [-0.05, 0) is 17.5 Å². The minimum absolute atomic E-state index is 0.0397. The van der Waals surface area contributed by atoms with Crippen LogP contribution in [0.2, 0.25) is 0 Å². The highest BCUT2D eigenvalue weighted by Gasteiger charge is 2.20. The number of rotatable bonds is 8. The molecule has 1 unspecified atom stereocenters. The van der Waals surface area contributed by atoms with Gasteiger partial charge in [0.05, 0.1) is 6.42 Å². The highest BCUT2D eigenvalue weighted by Crippen LogP contribution is 2.17. The molecule has 0 aliphatic heterocycles. The van der Waals surface area contributed by atoms with Gasteiger partial charge in [0, 0.05) is 19.1 Å². The van der Waals surface area contributed by atoms with Crippen LogP contribution in [0.25, 0.3) is 0 Å². The summed E-state index contributed by atoms with van der Waals surface area (Å²) in [5.74, 6) is -0.738. The van der Waals surface area contributed by atoms with Gasteiger partial charge < -0.3 is 5.11 Å². The zero-order valence-electron chi connectivity index (χ0n) is 13.0. The number of benzene rings is 2. The van der Waals surface area contributed by atoms with E-state index in [1.54, 1.807) is 0 Å². The van der Waals surface area contributed by atoms with E-state index < -0.39 is 5.97 Å². The third-order valence-electron chi connectivity index (χ3n) is 3.85. The Balaban J connectivity index is 2.17. The molecule has 1 atom stereocenters. The largest absolute Gasteiger partial charge is 0.481 e. The Labute approximate surface area is 132 Å². The molecule has 0 fully saturated rings. The number of hydrogen-bond donors (Lipinski definition) is 1. The van der Waals surface area contributed by atoms with E-state index in [2.05, 4.69) is 36.1 Å². The number of carboxylic acid groups (broad SMARTS) is 1. The van der Waals surface area contributed by atoms with Gasteiger partial charge in [-0.3, -0.25) is 9.69 Å². The highest BCUT2D eigenvalue weighted by atomic mass is 16.4. The Morgan fingerprint density at radius 1 is 0.955 bits per heavy atom. The van der Waals surface area contributed by atoms with Gasteiger partial charge in [0.15, 0.2) is 0 Å². The molecule has 0 aliphatic carbocycles. The van der Waals surface area contributed by atoms with E-state index in [0.717, 1.165) is 19.5 Å². The van der Waals surface area contributed by atoms with Crippen molar-refractivity contribution in [3.63, 3.8) is 0 Å². The first-order valence-corrected chi connectivity index (χ1v) is 7.72. The average molecular weight is 297 g/mol. The third-order valence-corrected chi connectivity index (χ3v) is 3.85. The average Bonchev–Trinajstić information content (AvgIpc) is 2.54. The topological polar surface area (TPSA) is 40.5 Å². The molecule has 0 radical (unpaired) electrons. The molecule has 116 valence electrons. The zero-order chi connectivity index (χ0) is 15.8. The standard InChI is InChI=1S/C19H23NO2/c1-2-18(13-19(21)22)20(14-16-9-5-3-6-10-16)15-17-11-7-4-8-12-17/h3-12,18H,2,13-15H2,1H3,(H,21,22). The summed E-state index contributed by atoms with van der Waals surface area (Å²) in [5.41, 5.74) is 2.42. The fourth-order valence-corrected chi connectivity index (χ4v) is 2.68. The second-order valence-corrected chi connectivity index (χ2v) is 5.54. The lowest BCUT2D eigenvalue weighted by Gasteiger charge is -2.30. The normalized spacial score (nSPS) is 12.3. The van der Waals surface area contributed by atoms with Gasteiger partial charge in [-0.2, -0.15) is 0 Å². The molecule has 0 amide bonds. The Morgan fingerprint density at radius 2 is 1.41 bits per heavy atom. The van der Waals surface area contributed by atoms with Crippen LogP contribution in [0.4, 0.5) is 0 Å². The summed E-state index contributed by atoms with van der Waals surface area (Å²) in [6.07, 6.45) is 1.00. The molecule has 0 aromatic heterocycles. The van der Waals surface area contributed by atoms with Crippen LogP contribution in [0, 0.1) is 0 Å². The van der Waals surface area contributed by atoms with Crippen molar-refractivity contribution in [3.05, 3.63) is 71.8 Å². The Morgan fingerprint density at radius 3 is 1.77 bits per heavy atom. The van der Waals surface area contributed by atoms with Crippen molar-refractivity contribution in [2.45, 2.75) is 38.9 Å². The Kier molecular flexibility index (Phi) is 6.16. The molecule has 2 aromatic carbocycles. The lowest BCUT2D eigenvalue weighted by Crippen LogP contribution is -2.35. The van der Waals surface area contributed by atoms with Crippen LogP contribution in [-0.2, 0) is 17.9 Å². The molecule has 0 heterocycles. The monoisotopic (exact) mass is 297 g/mol. The van der Waals surface area contributed by atoms with Crippen LogP contribution < -0.4 is 0 Å². The van der Waals surface area contributed by atoms with Crippen LogP contribution in [-0.4, -0.2) is 22.0 Å². The first-order valence-electron chi connectivity index (χ1n) is 7.72. The van der Waals surface area contributed by atoms with Crippen LogP contribution in [0.3, 0.4) is 0 Å². The number of aliphatic carboxylic acids is 1. The fourth-order valence-electron chi connectivity index (χ4n) is 2.68. The van der Waals surface area contributed by atoms with Gasteiger partial charge in [0.25, 0.3) is 0 Å². The maximum Gasteiger partial charge on any atom is 0.304 e. The lowest BCUT2D eigenvalue weighted by molar-refractivity contribution is -0.138. The first-order chi connectivity index (χ1) is 10.7. The van der Waals surface area contributed by atoms with Crippen LogP contribution >= 0.6 is 0 Å². The van der Waals surface area contributed by atoms with Crippen molar-refractivity contribution in [3.8, 4) is 0 Å². The van der Waals surface area contributed by atoms with Gasteiger partial charge in [0.2, 0.25) is 0 Å². The van der Waals surface area contributed by atoms with Crippen LogP contribution in [0.5, 0.6) is 0 Å². The van der Waals surface area contributed by atoms with Gasteiger partial charge in [-0.15, -0.1) is 0 Å². The summed E-state index contributed by atoms with van der Waals surface area (Å²) in [5, 5.41) is 9.17. The van der Waals surface area contributed by atoms with Crippen molar-refractivity contribution < 1.29 is 9.90 Å². The van der Waals surface area contributed by atoms with E-state index in [-0.39, 0.29) is 12.5 Å². The first kappa shape index (κ1) is 16.2. The smallest absolute Gasteiger partial charge is 0.304 e. The summed E-state index contributed by atoms with van der Waals surface area (Å²) in [6.45, 7) is 3.58. The quantitative estimate of drug-likeness (QED) is 0.802. The maximum atomic E-state index is 11.2. The van der Waals surface area contributed by atoms with Crippen molar-refractivity contribution in [2.75, 3.05) is 0 Å². The molecule has 2 rings (SSSR count). The summed E-state index contributed by atoms with van der Waals surface area (Å²) in [7, 11) is 0. The SMILES string of the molecule is CCC(CC(=O)O)N(Cc1ccccc1)Cc1ccccc1. The van der Waals surface area contributed by atoms with Crippen molar-refractivity contribution in [1.29, 1.82) is 0 Å². The van der Waals surface area contributed by atoms with Crippen molar-refractivity contribution in [1.82, 2.24) is 4.90 Å². The molecule has 1 N–H and O–H groups in total. The molecule has 3 nitrogen and oxygen atoms in total. The molecule has 0 aliphatic rings. The molecular formula is C19H23NO2. The fraction of sp³-hybridized carbons (Fsp3) is 0.316. The number of carboxylic acids is 1. The van der Waals surface area contributed by atoms with Crippen molar-refractivity contribution in [2.24, 2.45) is 0 Å². The minimum atomic E-state index is -0.738. The predicted octanol–water partition coefficient (Wildman–Crippen LogP) is 3.94. The molecule has 2 aromatic rings. The van der Waals surface area contributed by atoms with E-state index in [4.69, 9.17) is 5.11 Å². The van der Waals surface area contributed by atoms with Gasteiger partial charge in [-0.25, -0.2) is 0 Å². The summed E-state index contributed by atoms with van der Waals surface area (Å²) < 4.78 is 0. The maximum absolute atomic E-state index is 11.2. The molecule has 0 bridgehead atoms. The van der Waals surface area contributed by atoms with E-state index in [0.29, 0.717) is 0 Å². The molecule has 3 heteroatoms. The van der Waals surface area contributed by atoms with Crippen LogP contribution in [0.15, 0.2) is 60.7 Å². The van der Waals surface area contributed by atoms with E-state index in [1.165, 1.54) is 11.1 Å². The highest BCUT2D eigenvalue weighted by molar-refractivity contribution is 5.67. The second kappa shape index (κ2) is 8.35.